The maximum Gasteiger partial charge on any atom is 0.220 e. The minimum atomic E-state index is 0.168. The number of nitrogens with one attached hydrogen (secondary N) is 2. The van der Waals surface area contributed by atoms with Crippen molar-refractivity contribution in [2.24, 2.45) is 17.8 Å². The molecular formula is C15H26N2O2. The average molecular weight is 266 g/mol. The third-order valence-corrected chi connectivity index (χ3v) is 4.73. The molecule has 4 atom stereocenters. The first-order valence-corrected chi connectivity index (χ1v) is 7.68. The number of carbonyl (C=O) groups excluding carboxylic acids is 2. The number of hydrogen-bond donors (Lipinski definition) is 2. The zero-order valence-corrected chi connectivity index (χ0v) is 12.1. The van der Waals surface area contributed by atoms with Gasteiger partial charge in [0.1, 0.15) is 0 Å². The summed E-state index contributed by atoms with van der Waals surface area (Å²) >= 11 is 0. The minimum absolute atomic E-state index is 0.168. The van der Waals surface area contributed by atoms with Crippen molar-refractivity contribution < 1.29 is 9.59 Å². The predicted molar refractivity (Wildman–Crippen MR) is 74.5 cm³/mol. The highest BCUT2D eigenvalue weighted by Crippen LogP contribution is 2.41. The van der Waals surface area contributed by atoms with Gasteiger partial charge in [-0.05, 0) is 30.6 Å². The van der Waals surface area contributed by atoms with Crippen LogP contribution in [-0.4, -0.2) is 24.4 Å². The SMILES string of the molecule is CCCCCC(=O)NC[C@H]1[C@@H]2CC(=O)N[C@@H]2C[C@@H]1C. The van der Waals surface area contributed by atoms with Gasteiger partial charge in [0, 0.05) is 25.4 Å². The van der Waals surface area contributed by atoms with E-state index in [2.05, 4.69) is 24.5 Å². The summed E-state index contributed by atoms with van der Waals surface area (Å²) in [7, 11) is 0. The molecule has 0 radical (unpaired) electrons. The first-order chi connectivity index (χ1) is 9.11. The topological polar surface area (TPSA) is 58.2 Å². The fraction of sp³-hybridized carbons (Fsp3) is 0.867. The summed E-state index contributed by atoms with van der Waals surface area (Å²) < 4.78 is 0. The first kappa shape index (κ1) is 14.4. The van der Waals surface area contributed by atoms with Gasteiger partial charge < -0.3 is 10.6 Å². The fourth-order valence-electron chi connectivity index (χ4n) is 3.62. The molecule has 1 saturated carbocycles. The van der Waals surface area contributed by atoms with E-state index in [1.807, 2.05) is 0 Å². The van der Waals surface area contributed by atoms with E-state index >= 15 is 0 Å². The average Bonchev–Trinajstić information content (AvgIpc) is 2.82. The number of rotatable bonds is 6. The Morgan fingerprint density at radius 1 is 1.42 bits per heavy atom. The molecule has 1 heterocycles. The lowest BCUT2D eigenvalue weighted by molar-refractivity contribution is -0.121. The van der Waals surface area contributed by atoms with Crippen molar-refractivity contribution in [3.63, 3.8) is 0 Å². The molecule has 0 aromatic carbocycles. The van der Waals surface area contributed by atoms with Crippen LogP contribution in [0, 0.1) is 17.8 Å². The van der Waals surface area contributed by atoms with E-state index in [0.717, 1.165) is 32.2 Å². The van der Waals surface area contributed by atoms with Gasteiger partial charge in [-0.1, -0.05) is 26.7 Å². The predicted octanol–water partition coefficient (Wildman–Crippen LogP) is 1.84. The van der Waals surface area contributed by atoms with Gasteiger partial charge in [0.15, 0.2) is 0 Å². The van der Waals surface area contributed by atoms with E-state index < -0.39 is 0 Å². The summed E-state index contributed by atoms with van der Waals surface area (Å²) in [6, 6.07) is 0.351. The first-order valence-electron chi connectivity index (χ1n) is 7.68. The molecule has 0 spiro atoms. The van der Waals surface area contributed by atoms with Gasteiger partial charge in [-0.15, -0.1) is 0 Å². The molecule has 4 heteroatoms. The van der Waals surface area contributed by atoms with E-state index in [1.54, 1.807) is 0 Å². The monoisotopic (exact) mass is 266 g/mol. The van der Waals surface area contributed by atoms with Gasteiger partial charge >= 0.3 is 0 Å². The molecule has 19 heavy (non-hydrogen) atoms. The molecule has 1 aliphatic carbocycles. The normalized spacial score (nSPS) is 33.1. The zero-order valence-electron chi connectivity index (χ0n) is 12.1. The quantitative estimate of drug-likeness (QED) is 0.721. The summed E-state index contributed by atoms with van der Waals surface area (Å²) in [4.78, 5) is 23.2. The summed E-state index contributed by atoms with van der Waals surface area (Å²) in [5.74, 6) is 1.83. The molecule has 2 fully saturated rings. The van der Waals surface area contributed by atoms with E-state index in [0.29, 0.717) is 36.6 Å². The van der Waals surface area contributed by atoms with Gasteiger partial charge in [-0.25, -0.2) is 0 Å². The smallest absolute Gasteiger partial charge is 0.220 e. The van der Waals surface area contributed by atoms with Crippen molar-refractivity contribution in [1.82, 2.24) is 10.6 Å². The van der Waals surface area contributed by atoms with Gasteiger partial charge in [-0.3, -0.25) is 9.59 Å². The Labute approximate surface area is 115 Å². The molecule has 2 N–H and O–H groups in total. The van der Waals surface area contributed by atoms with Crippen LogP contribution in [0.15, 0.2) is 0 Å². The van der Waals surface area contributed by atoms with Crippen molar-refractivity contribution in [2.45, 2.75) is 58.4 Å². The molecule has 0 bridgehead atoms. The summed E-state index contributed by atoms with van der Waals surface area (Å²) in [6.45, 7) is 5.11. The summed E-state index contributed by atoms with van der Waals surface area (Å²) in [6.07, 6.45) is 5.59. The molecular weight excluding hydrogens is 240 g/mol. The Bertz CT molecular complexity index is 343. The highest BCUT2D eigenvalue weighted by Gasteiger charge is 2.46. The lowest BCUT2D eigenvalue weighted by Gasteiger charge is -2.21. The van der Waals surface area contributed by atoms with Gasteiger partial charge in [0.2, 0.25) is 11.8 Å². The Hall–Kier alpha value is -1.06. The molecule has 0 aromatic rings. The van der Waals surface area contributed by atoms with Crippen LogP contribution in [0.4, 0.5) is 0 Å². The summed E-state index contributed by atoms with van der Waals surface area (Å²) in [5.41, 5.74) is 0. The Kier molecular flexibility index (Phi) is 4.83. The minimum Gasteiger partial charge on any atom is -0.356 e. The highest BCUT2D eigenvalue weighted by atomic mass is 16.2. The fourth-order valence-corrected chi connectivity index (χ4v) is 3.62. The van der Waals surface area contributed by atoms with Crippen molar-refractivity contribution in [3.8, 4) is 0 Å². The molecule has 108 valence electrons. The molecule has 2 rings (SSSR count). The maximum absolute atomic E-state index is 11.7. The van der Waals surface area contributed by atoms with Crippen molar-refractivity contribution in [1.29, 1.82) is 0 Å². The second kappa shape index (κ2) is 6.40. The van der Waals surface area contributed by atoms with Crippen LogP contribution in [0.2, 0.25) is 0 Å². The van der Waals surface area contributed by atoms with Crippen LogP contribution in [0.5, 0.6) is 0 Å². The van der Waals surface area contributed by atoms with E-state index in [1.165, 1.54) is 0 Å². The lowest BCUT2D eigenvalue weighted by atomic mass is 9.88. The molecule has 1 aliphatic heterocycles. The second-order valence-electron chi connectivity index (χ2n) is 6.18. The number of carbonyl (C=O) groups is 2. The Morgan fingerprint density at radius 2 is 2.21 bits per heavy atom. The van der Waals surface area contributed by atoms with Crippen molar-refractivity contribution >= 4 is 11.8 Å². The van der Waals surface area contributed by atoms with Crippen molar-refractivity contribution in [3.05, 3.63) is 0 Å². The van der Waals surface area contributed by atoms with Gasteiger partial charge in [0.05, 0.1) is 0 Å². The van der Waals surface area contributed by atoms with Crippen LogP contribution < -0.4 is 10.6 Å². The third-order valence-electron chi connectivity index (χ3n) is 4.73. The highest BCUT2D eigenvalue weighted by molar-refractivity contribution is 5.79. The number of fused-ring (bicyclic) bond motifs is 1. The Balaban J connectivity index is 1.75. The molecule has 0 unspecified atom stereocenters. The zero-order chi connectivity index (χ0) is 13.8. The van der Waals surface area contributed by atoms with Crippen LogP contribution in [0.3, 0.4) is 0 Å². The van der Waals surface area contributed by atoms with Crippen LogP contribution in [-0.2, 0) is 9.59 Å². The van der Waals surface area contributed by atoms with Gasteiger partial charge in [0.25, 0.3) is 0 Å². The van der Waals surface area contributed by atoms with Crippen LogP contribution in [0.25, 0.3) is 0 Å². The molecule has 2 amide bonds. The van der Waals surface area contributed by atoms with E-state index in [4.69, 9.17) is 0 Å². The number of amides is 2. The standard InChI is InChI=1S/C15H26N2O2/c1-3-4-5-6-14(18)16-9-12-10(2)7-13-11(12)8-15(19)17-13/h10-13H,3-9H2,1-2H3,(H,16,18)(H,17,19)/t10-,11-,12+,13+/m0/s1. The van der Waals surface area contributed by atoms with E-state index in [9.17, 15) is 9.59 Å². The molecule has 1 saturated heterocycles. The largest absolute Gasteiger partial charge is 0.356 e. The van der Waals surface area contributed by atoms with Crippen LogP contribution in [0.1, 0.15) is 52.4 Å². The molecule has 0 aromatic heterocycles. The molecule has 4 nitrogen and oxygen atoms in total. The van der Waals surface area contributed by atoms with Gasteiger partial charge in [-0.2, -0.15) is 0 Å². The second-order valence-corrected chi connectivity index (χ2v) is 6.18. The lowest BCUT2D eigenvalue weighted by Crippen LogP contribution is -2.33. The Morgan fingerprint density at radius 3 is 2.95 bits per heavy atom. The van der Waals surface area contributed by atoms with Crippen molar-refractivity contribution in [2.75, 3.05) is 6.54 Å². The molecule has 2 aliphatic rings. The third kappa shape index (κ3) is 3.48. The van der Waals surface area contributed by atoms with E-state index in [-0.39, 0.29) is 11.8 Å². The summed E-state index contributed by atoms with van der Waals surface area (Å²) in [5, 5.41) is 6.12. The van der Waals surface area contributed by atoms with Crippen LogP contribution >= 0.6 is 0 Å². The number of unbranched alkanes of at least 4 members (excludes halogenated alkanes) is 2. The number of hydrogen-bond acceptors (Lipinski definition) is 2. The maximum atomic E-state index is 11.7.